The molecule has 0 bridgehead atoms. The fourth-order valence-corrected chi connectivity index (χ4v) is 2.97. The number of benzene rings is 2. The minimum Gasteiger partial charge on any atom is -0.323 e. The van der Waals surface area contributed by atoms with Crippen LogP contribution in [-0.4, -0.2) is 11.9 Å². The van der Waals surface area contributed by atoms with E-state index in [2.05, 4.69) is 18.4 Å². The van der Waals surface area contributed by atoms with Crippen LogP contribution in [0.1, 0.15) is 28.4 Å². The van der Waals surface area contributed by atoms with E-state index in [1.807, 2.05) is 48.2 Å². The number of hydrogen-bond acceptors (Lipinski definition) is 3. The van der Waals surface area contributed by atoms with E-state index in [0.717, 1.165) is 17.7 Å². The zero-order chi connectivity index (χ0) is 15.0. The second kappa shape index (κ2) is 5.22. The minimum absolute atomic E-state index is 0.0135. The van der Waals surface area contributed by atoms with E-state index in [4.69, 9.17) is 5.84 Å². The molecule has 21 heavy (non-hydrogen) atoms. The fraction of sp³-hybridized carbons (Fsp3) is 0.235. The van der Waals surface area contributed by atoms with Gasteiger partial charge in [-0.1, -0.05) is 24.3 Å². The van der Waals surface area contributed by atoms with E-state index >= 15 is 0 Å². The van der Waals surface area contributed by atoms with Gasteiger partial charge in [-0.3, -0.25) is 10.6 Å². The number of hydrazine groups is 1. The Bertz CT molecular complexity index is 696. The lowest BCUT2D eigenvalue weighted by Gasteiger charge is -2.24. The topological polar surface area (TPSA) is 58.4 Å². The number of aryl methyl sites for hydroxylation is 1. The third kappa shape index (κ3) is 2.28. The van der Waals surface area contributed by atoms with Gasteiger partial charge in [0.2, 0.25) is 0 Å². The van der Waals surface area contributed by atoms with Gasteiger partial charge >= 0.3 is 0 Å². The Hall–Kier alpha value is -2.33. The van der Waals surface area contributed by atoms with Crippen molar-refractivity contribution in [2.75, 3.05) is 10.3 Å². The van der Waals surface area contributed by atoms with Crippen molar-refractivity contribution < 1.29 is 4.79 Å². The minimum atomic E-state index is -0.0135. The number of nitrogens with two attached hydrogens (primary N) is 1. The van der Waals surface area contributed by atoms with Crippen molar-refractivity contribution in [1.29, 1.82) is 0 Å². The Morgan fingerprint density at radius 1 is 1.29 bits per heavy atom. The summed E-state index contributed by atoms with van der Waals surface area (Å²) >= 11 is 0. The van der Waals surface area contributed by atoms with Crippen LogP contribution in [0.3, 0.4) is 0 Å². The summed E-state index contributed by atoms with van der Waals surface area (Å²) in [5.74, 6) is 5.55. The highest BCUT2D eigenvalue weighted by Gasteiger charge is 2.32. The molecule has 1 aliphatic rings. The van der Waals surface area contributed by atoms with Crippen molar-refractivity contribution in [2.24, 2.45) is 5.84 Å². The van der Waals surface area contributed by atoms with Gasteiger partial charge in [0.25, 0.3) is 5.91 Å². The molecular formula is C17H19N3O. The fourth-order valence-electron chi connectivity index (χ4n) is 2.97. The SMILES string of the molecule is Cc1ccc(C(=O)N2c3ccccc3CC2C)c(NN)c1. The van der Waals surface area contributed by atoms with E-state index in [1.54, 1.807) is 0 Å². The maximum atomic E-state index is 12.9. The van der Waals surface area contributed by atoms with Crippen LogP contribution in [-0.2, 0) is 6.42 Å². The van der Waals surface area contributed by atoms with Gasteiger partial charge in [0, 0.05) is 11.7 Å². The molecule has 1 atom stereocenters. The van der Waals surface area contributed by atoms with E-state index in [1.165, 1.54) is 5.56 Å². The van der Waals surface area contributed by atoms with Gasteiger partial charge in [0.15, 0.2) is 0 Å². The Balaban J connectivity index is 2.03. The Labute approximate surface area is 124 Å². The lowest BCUT2D eigenvalue weighted by atomic mass is 10.1. The largest absolute Gasteiger partial charge is 0.323 e. The number of carbonyl (C=O) groups is 1. The molecule has 1 aliphatic heterocycles. The molecule has 2 aromatic carbocycles. The number of hydrogen-bond donors (Lipinski definition) is 2. The van der Waals surface area contributed by atoms with E-state index in [9.17, 15) is 4.79 Å². The lowest BCUT2D eigenvalue weighted by Crippen LogP contribution is -2.36. The number of nitrogens with zero attached hydrogens (tertiary/aromatic N) is 1. The molecule has 108 valence electrons. The average Bonchev–Trinajstić information content (AvgIpc) is 2.82. The standard InChI is InChI=1S/C17H19N3O/c1-11-7-8-14(15(9-11)19-18)17(21)20-12(2)10-13-5-3-4-6-16(13)20/h3-9,12,19H,10,18H2,1-2H3. The second-order valence-electron chi connectivity index (χ2n) is 5.55. The molecule has 4 heteroatoms. The first-order valence-corrected chi connectivity index (χ1v) is 7.10. The van der Waals surface area contributed by atoms with Gasteiger partial charge in [0.05, 0.1) is 11.3 Å². The van der Waals surface area contributed by atoms with Gasteiger partial charge in [-0.25, -0.2) is 0 Å². The highest BCUT2D eigenvalue weighted by atomic mass is 16.2. The third-order valence-corrected chi connectivity index (χ3v) is 3.99. The third-order valence-electron chi connectivity index (χ3n) is 3.99. The molecule has 4 nitrogen and oxygen atoms in total. The highest BCUT2D eigenvalue weighted by Crippen LogP contribution is 2.34. The Kier molecular flexibility index (Phi) is 3.39. The average molecular weight is 281 g/mol. The van der Waals surface area contributed by atoms with Gasteiger partial charge in [-0.2, -0.15) is 0 Å². The number of rotatable bonds is 2. The predicted octanol–water partition coefficient (Wildman–Crippen LogP) is 2.87. The molecule has 0 saturated carbocycles. The first kappa shape index (κ1) is 13.6. The van der Waals surface area contributed by atoms with Crippen LogP contribution in [0.5, 0.6) is 0 Å². The normalized spacial score (nSPS) is 16.7. The molecule has 0 fully saturated rings. The van der Waals surface area contributed by atoms with Gasteiger partial charge < -0.3 is 10.3 Å². The van der Waals surface area contributed by atoms with Gasteiger partial charge in [-0.05, 0) is 49.6 Å². The van der Waals surface area contributed by atoms with Crippen LogP contribution in [0.15, 0.2) is 42.5 Å². The molecule has 2 aromatic rings. The number of nitrogen functional groups attached to an aromatic ring is 1. The molecule has 3 N–H and O–H groups in total. The van der Waals surface area contributed by atoms with E-state index in [-0.39, 0.29) is 11.9 Å². The summed E-state index contributed by atoms with van der Waals surface area (Å²) in [6, 6.07) is 13.9. The summed E-state index contributed by atoms with van der Waals surface area (Å²) in [4.78, 5) is 14.8. The van der Waals surface area contributed by atoms with Crippen molar-refractivity contribution >= 4 is 17.3 Å². The Morgan fingerprint density at radius 3 is 2.81 bits per heavy atom. The molecular weight excluding hydrogens is 262 g/mol. The van der Waals surface area contributed by atoms with E-state index < -0.39 is 0 Å². The zero-order valence-corrected chi connectivity index (χ0v) is 12.3. The second-order valence-corrected chi connectivity index (χ2v) is 5.55. The maximum absolute atomic E-state index is 12.9. The van der Waals surface area contributed by atoms with Gasteiger partial charge in [-0.15, -0.1) is 0 Å². The number of fused-ring (bicyclic) bond motifs is 1. The quantitative estimate of drug-likeness (QED) is 0.657. The summed E-state index contributed by atoms with van der Waals surface area (Å²) in [7, 11) is 0. The molecule has 0 aromatic heterocycles. The molecule has 3 rings (SSSR count). The molecule has 1 unspecified atom stereocenters. The first-order valence-electron chi connectivity index (χ1n) is 7.10. The summed E-state index contributed by atoms with van der Waals surface area (Å²) in [5, 5.41) is 0. The van der Waals surface area contributed by atoms with Crippen LogP contribution in [0, 0.1) is 6.92 Å². The van der Waals surface area contributed by atoms with Crippen molar-refractivity contribution in [2.45, 2.75) is 26.3 Å². The molecule has 0 radical (unpaired) electrons. The Morgan fingerprint density at radius 2 is 2.05 bits per heavy atom. The molecule has 1 amide bonds. The van der Waals surface area contributed by atoms with Crippen LogP contribution < -0.4 is 16.2 Å². The smallest absolute Gasteiger partial charge is 0.260 e. The number of nitrogens with one attached hydrogen (secondary N) is 1. The van der Waals surface area contributed by atoms with Crippen molar-refractivity contribution in [3.05, 3.63) is 59.2 Å². The number of carbonyl (C=O) groups excluding carboxylic acids is 1. The molecule has 0 saturated heterocycles. The number of anilines is 2. The molecule has 1 heterocycles. The summed E-state index contributed by atoms with van der Waals surface area (Å²) in [6.45, 7) is 4.05. The van der Waals surface area contributed by atoms with Crippen LogP contribution in [0.25, 0.3) is 0 Å². The van der Waals surface area contributed by atoms with Crippen LogP contribution in [0.4, 0.5) is 11.4 Å². The number of amides is 1. The van der Waals surface area contributed by atoms with Gasteiger partial charge in [0.1, 0.15) is 0 Å². The summed E-state index contributed by atoms with van der Waals surface area (Å²) < 4.78 is 0. The van der Waals surface area contributed by atoms with Crippen molar-refractivity contribution in [1.82, 2.24) is 0 Å². The van der Waals surface area contributed by atoms with E-state index in [0.29, 0.717) is 11.3 Å². The zero-order valence-electron chi connectivity index (χ0n) is 12.3. The van der Waals surface area contributed by atoms with Crippen molar-refractivity contribution in [3.63, 3.8) is 0 Å². The van der Waals surface area contributed by atoms with Crippen LogP contribution in [0.2, 0.25) is 0 Å². The molecule has 0 spiro atoms. The highest BCUT2D eigenvalue weighted by molar-refractivity contribution is 6.11. The summed E-state index contributed by atoms with van der Waals surface area (Å²) in [6.07, 6.45) is 0.888. The predicted molar refractivity (Wildman–Crippen MR) is 85.4 cm³/mol. The van der Waals surface area contributed by atoms with Crippen molar-refractivity contribution in [3.8, 4) is 0 Å². The molecule has 0 aliphatic carbocycles. The van der Waals surface area contributed by atoms with Crippen LogP contribution >= 0.6 is 0 Å². The number of para-hydroxylation sites is 1. The maximum Gasteiger partial charge on any atom is 0.260 e. The lowest BCUT2D eigenvalue weighted by molar-refractivity contribution is 0.0982. The monoisotopic (exact) mass is 281 g/mol. The first-order chi connectivity index (χ1) is 10.1. The summed E-state index contributed by atoms with van der Waals surface area (Å²) in [5.41, 5.74) is 7.18.